The van der Waals surface area contributed by atoms with Gasteiger partial charge in [-0.2, -0.15) is 0 Å². The van der Waals surface area contributed by atoms with Gasteiger partial charge in [-0.25, -0.2) is 8.42 Å². The first-order valence-corrected chi connectivity index (χ1v) is 7.75. The third-order valence-corrected chi connectivity index (χ3v) is 4.79. The van der Waals surface area contributed by atoms with Gasteiger partial charge in [0.15, 0.2) is 9.84 Å². The molecule has 0 spiro atoms. The van der Waals surface area contributed by atoms with Crippen LogP contribution >= 0.6 is 15.9 Å². The fourth-order valence-corrected chi connectivity index (χ4v) is 3.70. The van der Waals surface area contributed by atoms with Crippen LogP contribution in [0.5, 0.6) is 0 Å². The second-order valence-corrected chi connectivity index (χ2v) is 6.78. The number of hydrogen-bond acceptors (Lipinski definition) is 3. The molecule has 0 aliphatic rings. The van der Waals surface area contributed by atoms with Crippen molar-refractivity contribution in [2.75, 3.05) is 5.75 Å². The summed E-state index contributed by atoms with van der Waals surface area (Å²) in [7, 11) is -3.12. The smallest absolute Gasteiger partial charge is 0.156 e. The van der Waals surface area contributed by atoms with Crippen molar-refractivity contribution in [3.05, 3.63) is 34.3 Å². The second-order valence-electron chi connectivity index (χ2n) is 3.81. The zero-order chi connectivity index (χ0) is 12.2. The van der Waals surface area contributed by atoms with Gasteiger partial charge in [0.2, 0.25) is 0 Å². The van der Waals surface area contributed by atoms with Crippen LogP contribution in [0, 0.1) is 0 Å². The van der Waals surface area contributed by atoms with E-state index < -0.39 is 9.84 Å². The summed E-state index contributed by atoms with van der Waals surface area (Å²) in [4.78, 5) is 0. The molecule has 5 heteroatoms. The number of nitrogens with two attached hydrogens (primary N) is 1. The molecular formula is C11H16BrNO2S. The van der Waals surface area contributed by atoms with Crippen molar-refractivity contribution in [1.82, 2.24) is 0 Å². The fraction of sp³-hybridized carbons (Fsp3) is 0.455. The van der Waals surface area contributed by atoms with Crippen LogP contribution in [0.4, 0.5) is 0 Å². The number of hydrogen-bond donors (Lipinski definition) is 1. The average molecular weight is 306 g/mol. The number of rotatable bonds is 5. The lowest BCUT2D eigenvalue weighted by atomic mass is 10.2. The Morgan fingerprint density at radius 1 is 1.38 bits per heavy atom. The highest BCUT2D eigenvalue weighted by Gasteiger charge is 2.16. The first kappa shape index (κ1) is 13.7. The van der Waals surface area contributed by atoms with Crippen molar-refractivity contribution in [3.63, 3.8) is 0 Å². The molecule has 0 saturated heterocycles. The van der Waals surface area contributed by atoms with Crippen LogP contribution in [-0.2, 0) is 15.6 Å². The van der Waals surface area contributed by atoms with Gasteiger partial charge < -0.3 is 5.73 Å². The maximum atomic E-state index is 11.8. The van der Waals surface area contributed by atoms with E-state index in [0.29, 0.717) is 6.42 Å². The Morgan fingerprint density at radius 3 is 2.56 bits per heavy atom. The Kier molecular flexibility index (Phi) is 4.95. The van der Waals surface area contributed by atoms with Gasteiger partial charge in [0, 0.05) is 10.5 Å². The molecule has 0 aliphatic carbocycles. The summed E-state index contributed by atoms with van der Waals surface area (Å²) < 4.78 is 24.5. The fourth-order valence-electron chi connectivity index (χ4n) is 1.36. The van der Waals surface area contributed by atoms with Crippen LogP contribution < -0.4 is 5.73 Å². The molecule has 0 aromatic heterocycles. The van der Waals surface area contributed by atoms with Crippen molar-refractivity contribution in [2.24, 2.45) is 5.73 Å². The lowest BCUT2D eigenvalue weighted by Crippen LogP contribution is -2.29. The van der Waals surface area contributed by atoms with Crippen LogP contribution in [0.15, 0.2) is 28.7 Å². The summed E-state index contributed by atoms with van der Waals surface area (Å²) >= 11 is 3.34. The Hall–Kier alpha value is -0.390. The minimum Gasteiger partial charge on any atom is -0.327 e. The third kappa shape index (κ3) is 4.23. The van der Waals surface area contributed by atoms with Gasteiger partial charge in [-0.3, -0.25) is 0 Å². The average Bonchev–Trinajstić information content (AvgIpc) is 2.20. The van der Waals surface area contributed by atoms with Crippen LogP contribution in [0.2, 0.25) is 0 Å². The van der Waals surface area contributed by atoms with E-state index in [9.17, 15) is 8.42 Å². The van der Waals surface area contributed by atoms with Crippen LogP contribution in [0.25, 0.3) is 0 Å². The molecule has 3 nitrogen and oxygen atoms in total. The molecule has 0 heterocycles. The molecule has 0 fully saturated rings. The lowest BCUT2D eigenvalue weighted by Gasteiger charge is -2.10. The van der Waals surface area contributed by atoms with Gasteiger partial charge >= 0.3 is 0 Å². The molecule has 0 saturated carbocycles. The third-order valence-electron chi connectivity index (χ3n) is 2.33. The minimum absolute atomic E-state index is 0.0438. The molecule has 0 radical (unpaired) electrons. The second kappa shape index (κ2) is 5.80. The molecule has 90 valence electrons. The predicted molar refractivity (Wildman–Crippen MR) is 69.9 cm³/mol. The molecule has 0 amide bonds. The van der Waals surface area contributed by atoms with E-state index >= 15 is 0 Å². The van der Waals surface area contributed by atoms with Crippen molar-refractivity contribution in [2.45, 2.75) is 25.1 Å². The highest BCUT2D eigenvalue weighted by Crippen LogP contribution is 2.18. The molecule has 1 atom stereocenters. The Labute approximate surface area is 105 Å². The first-order valence-electron chi connectivity index (χ1n) is 5.14. The van der Waals surface area contributed by atoms with Crippen LogP contribution in [-0.4, -0.2) is 20.2 Å². The SMILES string of the molecule is CCC(N)CS(=O)(=O)Cc1ccccc1Br. The van der Waals surface area contributed by atoms with Crippen LogP contribution in [0.1, 0.15) is 18.9 Å². The van der Waals surface area contributed by atoms with E-state index in [4.69, 9.17) is 5.73 Å². The Morgan fingerprint density at radius 2 is 2.00 bits per heavy atom. The van der Waals surface area contributed by atoms with Gasteiger partial charge in [-0.15, -0.1) is 0 Å². The highest BCUT2D eigenvalue weighted by molar-refractivity contribution is 9.10. The molecule has 1 aromatic carbocycles. The summed E-state index contributed by atoms with van der Waals surface area (Å²) in [5.74, 6) is 0.0902. The van der Waals surface area contributed by atoms with Crippen molar-refractivity contribution >= 4 is 25.8 Å². The quantitative estimate of drug-likeness (QED) is 0.906. The van der Waals surface area contributed by atoms with E-state index in [1.165, 1.54) is 0 Å². The van der Waals surface area contributed by atoms with Crippen molar-refractivity contribution in [3.8, 4) is 0 Å². The van der Waals surface area contributed by atoms with Gasteiger partial charge in [0.25, 0.3) is 0 Å². The van der Waals surface area contributed by atoms with Gasteiger partial charge in [-0.1, -0.05) is 41.1 Å². The normalized spacial score (nSPS) is 13.7. The summed E-state index contributed by atoms with van der Waals surface area (Å²) in [5.41, 5.74) is 6.44. The standard InChI is InChI=1S/C11H16BrNO2S/c1-2-10(13)8-16(14,15)7-9-5-3-4-6-11(9)12/h3-6,10H,2,7-8,13H2,1H3. The van der Waals surface area contributed by atoms with Gasteiger partial charge in [-0.05, 0) is 18.1 Å². The van der Waals surface area contributed by atoms with Crippen molar-refractivity contribution < 1.29 is 8.42 Å². The maximum Gasteiger partial charge on any atom is 0.156 e. The predicted octanol–water partition coefficient (Wildman–Crippen LogP) is 2.10. The summed E-state index contributed by atoms with van der Waals surface area (Å²) in [6, 6.07) is 7.06. The molecule has 1 aromatic rings. The van der Waals surface area contributed by atoms with Crippen LogP contribution in [0.3, 0.4) is 0 Å². The van der Waals surface area contributed by atoms with E-state index in [1.807, 2.05) is 25.1 Å². The maximum absolute atomic E-state index is 11.8. The lowest BCUT2D eigenvalue weighted by molar-refractivity contribution is 0.583. The summed E-state index contributed by atoms with van der Waals surface area (Å²) in [6.45, 7) is 1.89. The largest absolute Gasteiger partial charge is 0.327 e. The molecule has 0 bridgehead atoms. The van der Waals surface area contributed by atoms with E-state index in [2.05, 4.69) is 15.9 Å². The minimum atomic E-state index is -3.12. The Bertz CT molecular complexity index is 445. The monoisotopic (exact) mass is 305 g/mol. The zero-order valence-corrected chi connectivity index (χ0v) is 11.6. The first-order chi connectivity index (χ1) is 7.44. The highest BCUT2D eigenvalue weighted by atomic mass is 79.9. The van der Waals surface area contributed by atoms with E-state index in [-0.39, 0.29) is 17.5 Å². The van der Waals surface area contributed by atoms with E-state index in [0.717, 1.165) is 10.0 Å². The number of sulfone groups is 1. The Balaban J connectivity index is 2.77. The molecule has 16 heavy (non-hydrogen) atoms. The molecular weight excluding hydrogens is 290 g/mol. The van der Waals surface area contributed by atoms with Gasteiger partial charge in [0.05, 0.1) is 11.5 Å². The molecule has 1 rings (SSSR count). The molecule has 2 N–H and O–H groups in total. The zero-order valence-electron chi connectivity index (χ0n) is 9.19. The molecule has 1 unspecified atom stereocenters. The topological polar surface area (TPSA) is 60.2 Å². The molecule has 0 aliphatic heterocycles. The number of benzene rings is 1. The summed E-state index contributed by atoms with van der Waals surface area (Å²) in [6.07, 6.45) is 0.676. The number of halogens is 1. The van der Waals surface area contributed by atoms with Crippen molar-refractivity contribution in [1.29, 1.82) is 0 Å². The summed E-state index contributed by atoms with van der Waals surface area (Å²) in [5, 5.41) is 0. The van der Waals surface area contributed by atoms with E-state index in [1.54, 1.807) is 6.07 Å². The van der Waals surface area contributed by atoms with Gasteiger partial charge in [0.1, 0.15) is 0 Å².